The van der Waals surface area contributed by atoms with E-state index < -0.39 is 0 Å². The van der Waals surface area contributed by atoms with Gasteiger partial charge >= 0.3 is 6.01 Å². The fourth-order valence-electron chi connectivity index (χ4n) is 2.03. The van der Waals surface area contributed by atoms with Crippen LogP contribution in [0.2, 0.25) is 0 Å². The van der Waals surface area contributed by atoms with Crippen molar-refractivity contribution in [2.75, 3.05) is 10.6 Å². The van der Waals surface area contributed by atoms with Gasteiger partial charge in [0.1, 0.15) is 0 Å². The highest BCUT2D eigenvalue weighted by molar-refractivity contribution is 7.80. The summed E-state index contributed by atoms with van der Waals surface area (Å²) in [6, 6.07) is 16.6. The van der Waals surface area contributed by atoms with Gasteiger partial charge in [-0.3, -0.25) is 5.32 Å². The Bertz CT molecular complexity index is 866. The van der Waals surface area contributed by atoms with Crippen LogP contribution in [0.25, 0.3) is 11.1 Å². The number of thiocarbonyl (C=S) groups is 1. The van der Waals surface area contributed by atoms with E-state index in [2.05, 4.69) is 52.0 Å². The van der Waals surface area contributed by atoms with Crippen molar-refractivity contribution in [3.05, 3.63) is 58.9 Å². The third kappa shape index (κ3) is 4.02. The molecule has 0 aliphatic rings. The van der Waals surface area contributed by atoms with Gasteiger partial charge in [0.05, 0.1) is 0 Å². The van der Waals surface area contributed by atoms with Crippen LogP contribution in [0.4, 0.5) is 11.7 Å². The van der Waals surface area contributed by atoms with Crippen molar-refractivity contribution in [3.63, 3.8) is 0 Å². The summed E-state index contributed by atoms with van der Waals surface area (Å²) in [4.78, 5) is 0.192. The van der Waals surface area contributed by atoms with Crippen molar-refractivity contribution in [1.29, 1.82) is 0 Å². The molecule has 1 heterocycles. The lowest BCUT2D eigenvalue weighted by Gasteiger charge is -2.08. The van der Waals surface area contributed by atoms with Gasteiger partial charge in [-0.25, -0.2) is 5.10 Å². The number of nitrogens with one attached hydrogen (secondary N) is 3. The topological polar surface area (TPSA) is 65.9 Å². The fraction of sp³-hybridized carbons (Fsp3) is 0.0625. The molecule has 3 aromatic rings. The number of H-pyrrole nitrogens is 1. The van der Waals surface area contributed by atoms with Crippen molar-refractivity contribution in [2.45, 2.75) is 6.92 Å². The molecule has 0 saturated carbocycles. The van der Waals surface area contributed by atoms with E-state index in [1.54, 1.807) is 0 Å². The van der Waals surface area contributed by atoms with Gasteiger partial charge in [0, 0.05) is 5.69 Å². The van der Waals surface area contributed by atoms with Crippen molar-refractivity contribution in [3.8, 4) is 11.1 Å². The van der Waals surface area contributed by atoms with Crippen molar-refractivity contribution < 1.29 is 4.42 Å². The van der Waals surface area contributed by atoms with E-state index in [-0.39, 0.29) is 10.9 Å². The van der Waals surface area contributed by atoms with Crippen LogP contribution < -0.4 is 10.6 Å². The summed E-state index contributed by atoms with van der Waals surface area (Å²) in [7, 11) is 0. The first-order valence-corrected chi connectivity index (χ1v) is 7.72. The molecule has 2 aromatic carbocycles. The van der Waals surface area contributed by atoms with Crippen LogP contribution in [0.3, 0.4) is 0 Å². The van der Waals surface area contributed by atoms with Crippen LogP contribution in [0.15, 0.2) is 52.9 Å². The molecular weight excluding hydrogens is 328 g/mol. The largest absolute Gasteiger partial charge is 0.396 e. The lowest BCUT2D eigenvalue weighted by atomic mass is 10.0. The molecular formula is C16H14N4OS2. The minimum atomic E-state index is 0.192. The van der Waals surface area contributed by atoms with Crippen LogP contribution in [-0.2, 0) is 0 Å². The molecule has 0 aliphatic heterocycles. The van der Waals surface area contributed by atoms with Gasteiger partial charge in [0.15, 0.2) is 5.11 Å². The summed E-state index contributed by atoms with van der Waals surface area (Å²) in [5.41, 5.74) is 4.44. The molecule has 0 spiro atoms. The van der Waals surface area contributed by atoms with E-state index in [1.807, 2.05) is 24.3 Å². The second-order valence-corrected chi connectivity index (χ2v) is 5.72. The molecule has 1 aromatic heterocycles. The lowest BCUT2D eigenvalue weighted by molar-refractivity contribution is 0.556. The number of anilines is 2. The molecule has 0 aliphatic carbocycles. The average molecular weight is 342 g/mol. The quantitative estimate of drug-likeness (QED) is 0.608. The minimum absolute atomic E-state index is 0.192. The zero-order chi connectivity index (χ0) is 16.2. The molecule has 0 fully saturated rings. The van der Waals surface area contributed by atoms with Gasteiger partial charge in [0.2, 0.25) is 0 Å². The molecule has 0 unspecified atom stereocenters. The molecule has 3 rings (SSSR count). The maximum absolute atomic E-state index is 5.20. The molecule has 23 heavy (non-hydrogen) atoms. The predicted octanol–water partition coefficient (Wildman–Crippen LogP) is 4.52. The summed E-state index contributed by atoms with van der Waals surface area (Å²) in [6.45, 7) is 2.07. The molecule has 0 amide bonds. The standard InChI is InChI=1S/C16H14N4OS2/c1-10-2-4-11(5-3-10)12-6-8-13(9-7-12)17-15(22)18-14-19-20-16(23)21-14/h2-9H,1H3,(H,20,23)(H2,17,18,19,22). The van der Waals surface area contributed by atoms with Crippen LogP contribution in [-0.4, -0.2) is 15.3 Å². The lowest BCUT2D eigenvalue weighted by Crippen LogP contribution is -2.19. The molecule has 7 heteroatoms. The Hall–Kier alpha value is -2.51. The van der Waals surface area contributed by atoms with Crippen molar-refractivity contribution in [2.24, 2.45) is 0 Å². The summed E-state index contributed by atoms with van der Waals surface area (Å²) >= 11 is 9.99. The molecule has 3 N–H and O–H groups in total. The fourth-order valence-corrected chi connectivity index (χ4v) is 2.36. The highest BCUT2D eigenvalue weighted by atomic mass is 32.1. The van der Waals surface area contributed by atoms with E-state index >= 15 is 0 Å². The maximum Gasteiger partial charge on any atom is 0.320 e. The molecule has 116 valence electrons. The second kappa shape index (κ2) is 6.72. The molecule has 0 bridgehead atoms. The van der Waals surface area contributed by atoms with Crippen molar-refractivity contribution >= 4 is 41.3 Å². The smallest absolute Gasteiger partial charge is 0.320 e. The van der Waals surface area contributed by atoms with E-state index in [0.717, 1.165) is 11.3 Å². The Labute approximate surface area is 143 Å². The molecule has 0 saturated heterocycles. The monoisotopic (exact) mass is 342 g/mol. The number of aromatic amines is 1. The van der Waals surface area contributed by atoms with Gasteiger partial charge in [-0.1, -0.05) is 42.0 Å². The van der Waals surface area contributed by atoms with E-state index in [0.29, 0.717) is 5.11 Å². The number of aromatic nitrogens is 2. The number of nitrogens with zero attached hydrogens (tertiary/aromatic N) is 1. The van der Waals surface area contributed by atoms with Gasteiger partial charge < -0.3 is 9.73 Å². The highest BCUT2D eigenvalue weighted by Crippen LogP contribution is 2.22. The summed E-state index contributed by atoms with van der Waals surface area (Å²) in [5.74, 6) is 0. The Morgan fingerprint density at radius 2 is 1.61 bits per heavy atom. The first kappa shape index (κ1) is 15.4. The predicted molar refractivity (Wildman–Crippen MR) is 98.1 cm³/mol. The van der Waals surface area contributed by atoms with Crippen LogP contribution in [0.5, 0.6) is 0 Å². The van der Waals surface area contributed by atoms with Gasteiger partial charge in [-0.05, 0) is 54.6 Å². The summed E-state index contributed by atoms with van der Waals surface area (Å²) < 4.78 is 5.09. The normalized spacial score (nSPS) is 10.3. The van der Waals surface area contributed by atoms with Gasteiger partial charge in [-0.15, -0.1) is 5.10 Å². The molecule has 0 atom stereocenters. The van der Waals surface area contributed by atoms with Crippen molar-refractivity contribution in [1.82, 2.24) is 10.2 Å². The van der Waals surface area contributed by atoms with Gasteiger partial charge in [0.25, 0.3) is 4.84 Å². The van der Waals surface area contributed by atoms with Crippen LogP contribution >= 0.6 is 24.4 Å². The zero-order valence-corrected chi connectivity index (χ0v) is 13.9. The summed E-state index contributed by atoms with van der Waals surface area (Å²) in [6.07, 6.45) is 0. The minimum Gasteiger partial charge on any atom is -0.396 e. The number of rotatable bonds is 3. The Balaban J connectivity index is 1.66. The Morgan fingerprint density at radius 3 is 2.17 bits per heavy atom. The first-order chi connectivity index (χ1) is 11.1. The highest BCUT2D eigenvalue weighted by Gasteiger charge is 2.04. The molecule has 5 nitrogen and oxygen atoms in total. The third-order valence-electron chi connectivity index (χ3n) is 3.19. The van der Waals surface area contributed by atoms with E-state index in [4.69, 9.17) is 28.9 Å². The van der Waals surface area contributed by atoms with Crippen LogP contribution in [0, 0.1) is 11.8 Å². The SMILES string of the molecule is Cc1ccc(-c2ccc(NC(=S)Nc3n[nH]c(=S)o3)cc2)cc1. The summed E-state index contributed by atoms with van der Waals surface area (Å²) in [5, 5.41) is 12.6. The van der Waals surface area contributed by atoms with Crippen LogP contribution in [0.1, 0.15) is 5.56 Å². The molecule has 0 radical (unpaired) electrons. The number of hydrogen-bond acceptors (Lipinski definition) is 4. The second-order valence-electron chi connectivity index (χ2n) is 4.94. The zero-order valence-electron chi connectivity index (χ0n) is 12.3. The van der Waals surface area contributed by atoms with E-state index in [1.165, 1.54) is 11.1 Å². The number of hydrogen-bond donors (Lipinski definition) is 3. The average Bonchev–Trinajstić information content (AvgIpc) is 2.94. The number of benzene rings is 2. The Morgan fingerprint density at radius 1 is 1.00 bits per heavy atom. The maximum atomic E-state index is 5.20. The third-order valence-corrected chi connectivity index (χ3v) is 3.56. The number of aryl methyl sites for hydroxylation is 1. The van der Waals surface area contributed by atoms with Gasteiger partial charge in [-0.2, -0.15) is 0 Å². The van der Waals surface area contributed by atoms with E-state index in [9.17, 15) is 0 Å². The first-order valence-electron chi connectivity index (χ1n) is 6.91. The Kier molecular flexibility index (Phi) is 4.50.